The van der Waals surface area contributed by atoms with E-state index < -0.39 is 5.97 Å². The Balaban J connectivity index is 2.40. The Bertz CT molecular complexity index is 667. The molecule has 1 aromatic heterocycles. The van der Waals surface area contributed by atoms with Gasteiger partial charge in [0.15, 0.2) is 11.5 Å². The SMILES string of the molecule is COC(=O)c1cc(N)cc(Cl)c1Oc1cnn(C(C)C)c1. The number of esters is 1. The second-order valence-electron chi connectivity index (χ2n) is 4.72. The third-order valence-corrected chi connectivity index (χ3v) is 3.08. The lowest BCUT2D eigenvalue weighted by Crippen LogP contribution is -2.05. The summed E-state index contributed by atoms with van der Waals surface area (Å²) >= 11 is 6.11. The predicted octanol–water partition coefficient (Wildman–Crippen LogP) is 3.28. The number of ether oxygens (including phenoxy) is 2. The van der Waals surface area contributed by atoms with Gasteiger partial charge in [-0.25, -0.2) is 4.79 Å². The number of nitrogen functional groups attached to an aromatic ring is 1. The highest BCUT2D eigenvalue weighted by atomic mass is 35.5. The van der Waals surface area contributed by atoms with Crippen molar-refractivity contribution in [1.29, 1.82) is 0 Å². The maximum absolute atomic E-state index is 11.8. The first-order valence-corrected chi connectivity index (χ1v) is 6.69. The highest BCUT2D eigenvalue weighted by molar-refractivity contribution is 6.33. The molecule has 0 bridgehead atoms. The molecule has 2 rings (SSSR count). The molecule has 0 aliphatic heterocycles. The van der Waals surface area contributed by atoms with Crippen LogP contribution in [-0.4, -0.2) is 22.9 Å². The Labute approximate surface area is 127 Å². The van der Waals surface area contributed by atoms with Gasteiger partial charge in [-0.2, -0.15) is 5.10 Å². The van der Waals surface area contributed by atoms with E-state index in [2.05, 4.69) is 5.10 Å². The molecule has 0 saturated carbocycles. The van der Waals surface area contributed by atoms with Crippen molar-refractivity contribution in [3.63, 3.8) is 0 Å². The summed E-state index contributed by atoms with van der Waals surface area (Å²) in [6.45, 7) is 3.99. The Morgan fingerprint density at radius 1 is 1.43 bits per heavy atom. The maximum Gasteiger partial charge on any atom is 0.341 e. The molecule has 7 heteroatoms. The molecule has 0 spiro atoms. The van der Waals surface area contributed by atoms with E-state index in [0.717, 1.165) is 0 Å². The largest absolute Gasteiger partial charge is 0.465 e. The fourth-order valence-electron chi connectivity index (χ4n) is 1.75. The van der Waals surface area contributed by atoms with Gasteiger partial charge in [-0.15, -0.1) is 0 Å². The third-order valence-electron chi connectivity index (χ3n) is 2.80. The van der Waals surface area contributed by atoms with Crippen molar-refractivity contribution in [1.82, 2.24) is 9.78 Å². The van der Waals surface area contributed by atoms with E-state index in [4.69, 9.17) is 26.8 Å². The van der Waals surface area contributed by atoms with Crippen molar-refractivity contribution >= 4 is 23.3 Å². The first kappa shape index (κ1) is 15.2. The minimum Gasteiger partial charge on any atom is -0.465 e. The third kappa shape index (κ3) is 3.28. The predicted molar refractivity (Wildman–Crippen MR) is 79.9 cm³/mol. The standard InChI is InChI=1S/C14H16ClN3O3/c1-8(2)18-7-10(6-17-18)21-13-11(14(19)20-3)4-9(16)5-12(13)15/h4-8H,16H2,1-3H3. The number of aromatic nitrogens is 2. The lowest BCUT2D eigenvalue weighted by atomic mass is 10.2. The molecule has 0 fully saturated rings. The molecule has 6 nitrogen and oxygen atoms in total. The van der Waals surface area contributed by atoms with Gasteiger partial charge in [-0.1, -0.05) is 11.6 Å². The molecule has 0 unspecified atom stereocenters. The van der Waals surface area contributed by atoms with Crippen LogP contribution in [0.2, 0.25) is 5.02 Å². The van der Waals surface area contributed by atoms with Crippen LogP contribution in [0, 0.1) is 0 Å². The van der Waals surface area contributed by atoms with Crippen LogP contribution in [0.15, 0.2) is 24.5 Å². The van der Waals surface area contributed by atoms with Crippen LogP contribution in [0.5, 0.6) is 11.5 Å². The van der Waals surface area contributed by atoms with Crippen molar-refractivity contribution < 1.29 is 14.3 Å². The quantitative estimate of drug-likeness (QED) is 0.692. The van der Waals surface area contributed by atoms with E-state index in [-0.39, 0.29) is 22.4 Å². The fraction of sp³-hybridized carbons (Fsp3) is 0.286. The normalized spacial score (nSPS) is 10.7. The van der Waals surface area contributed by atoms with Crippen molar-refractivity contribution in [2.75, 3.05) is 12.8 Å². The number of rotatable bonds is 4. The van der Waals surface area contributed by atoms with Crippen LogP contribution < -0.4 is 10.5 Å². The maximum atomic E-state index is 11.8. The van der Waals surface area contributed by atoms with E-state index in [1.165, 1.54) is 19.2 Å². The van der Waals surface area contributed by atoms with Gasteiger partial charge in [0.1, 0.15) is 5.56 Å². The van der Waals surface area contributed by atoms with Gasteiger partial charge in [0.2, 0.25) is 0 Å². The molecule has 2 N–H and O–H groups in total. The fourth-order valence-corrected chi connectivity index (χ4v) is 2.02. The molecule has 0 amide bonds. The summed E-state index contributed by atoms with van der Waals surface area (Å²) in [5, 5.41) is 4.39. The zero-order valence-electron chi connectivity index (χ0n) is 12.0. The van der Waals surface area contributed by atoms with Crippen LogP contribution in [0.4, 0.5) is 5.69 Å². The number of anilines is 1. The molecule has 1 heterocycles. The second kappa shape index (κ2) is 6.05. The number of nitrogens with zero attached hydrogens (tertiary/aromatic N) is 2. The first-order valence-electron chi connectivity index (χ1n) is 6.31. The summed E-state index contributed by atoms with van der Waals surface area (Å²) in [4.78, 5) is 11.8. The molecule has 2 aromatic rings. The van der Waals surface area contributed by atoms with E-state index in [9.17, 15) is 4.79 Å². The lowest BCUT2D eigenvalue weighted by molar-refractivity contribution is 0.0598. The molecular formula is C14H16ClN3O3. The minimum absolute atomic E-state index is 0.166. The molecule has 0 atom stereocenters. The Kier molecular flexibility index (Phi) is 4.37. The first-order chi connectivity index (χ1) is 9.92. The van der Waals surface area contributed by atoms with Gasteiger partial charge in [-0.05, 0) is 26.0 Å². The summed E-state index contributed by atoms with van der Waals surface area (Å²) in [6.07, 6.45) is 3.27. The topological polar surface area (TPSA) is 79.4 Å². The van der Waals surface area contributed by atoms with Crippen LogP contribution in [0.25, 0.3) is 0 Å². The Morgan fingerprint density at radius 2 is 2.14 bits per heavy atom. The molecule has 0 aliphatic rings. The molecule has 21 heavy (non-hydrogen) atoms. The average molecular weight is 310 g/mol. The van der Waals surface area contributed by atoms with Crippen molar-refractivity contribution in [3.05, 3.63) is 35.1 Å². The highest BCUT2D eigenvalue weighted by Crippen LogP contribution is 2.35. The van der Waals surface area contributed by atoms with E-state index in [1.807, 2.05) is 13.8 Å². The highest BCUT2D eigenvalue weighted by Gasteiger charge is 2.19. The number of nitrogens with two attached hydrogens (primary N) is 1. The van der Waals surface area contributed by atoms with Crippen LogP contribution in [-0.2, 0) is 4.74 Å². The minimum atomic E-state index is -0.574. The number of carbonyl (C=O) groups is 1. The van der Waals surface area contributed by atoms with Gasteiger partial charge in [0, 0.05) is 11.7 Å². The Morgan fingerprint density at radius 3 is 2.71 bits per heavy atom. The summed E-state index contributed by atoms with van der Waals surface area (Å²) in [5.74, 6) is 0.0944. The zero-order chi connectivity index (χ0) is 15.6. The summed E-state index contributed by atoms with van der Waals surface area (Å²) in [6, 6.07) is 3.17. The number of carbonyl (C=O) groups excluding carboxylic acids is 1. The average Bonchev–Trinajstić information content (AvgIpc) is 2.89. The monoisotopic (exact) mass is 309 g/mol. The number of hydrogen-bond donors (Lipinski definition) is 1. The van der Waals surface area contributed by atoms with Gasteiger partial charge in [-0.3, -0.25) is 4.68 Å². The van der Waals surface area contributed by atoms with Gasteiger partial charge in [0.05, 0.1) is 24.5 Å². The summed E-state index contributed by atoms with van der Waals surface area (Å²) in [7, 11) is 1.28. The molecular weight excluding hydrogens is 294 g/mol. The van der Waals surface area contributed by atoms with Gasteiger partial charge >= 0.3 is 5.97 Å². The van der Waals surface area contributed by atoms with Gasteiger partial charge < -0.3 is 15.2 Å². The number of benzene rings is 1. The Hall–Kier alpha value is -2.21. The number of halogens is 1. The van der Waals surface area contributed by atoms with Crippen molar-refractivity contribution in [2.45, 2.75) is 19.9 Å². The van der Waals surface area contributed by atoms with Gasteiger partial charge in [0.25, 0.3) is 0 Å². The van der Waals surface area contributed by atoms with Crippen LogP contribution in [0.3, 0.4) is 0 Å². The van der Waals surface area contributed by atoms with E-state index >= 15 is 0 Å². The second-order valence-corrected chi connectivity index (χ2v) is 5.13. The van der Waals surface area contributed by atoms with Crippen LogP contribution in [0.1, 0.15) is 30.2 Å². The molecule has 1 aromatic carbocycles. The van der Waals surface area contributed by atoms with Crippen molar-refractivity contribution in [3.8, 4) is 11.5 Å². The zero-order valence-corrected chi connectivity index (χ0v) is 12.7. The molecule has 0 radical (unpaired) electrons. The summed E-state index contributed by atoms with van der Waals surface area (Å²) < 4.78 is 12.1. The van der Waals surface area contributed by atoms with Crippen molar-refractivity contribution in [2.24, 2.45) is 0 Å². The molecule has 0 aliphatic carbocycles. The van der Waals surface area contributed by atoms with E-state index in [0.29, 0.717) is 11.4 Å². The van der Waals surface area contributed by atoms with E-state index in [1.54, 1.807) is 17.1 Å². The number of hydrogen-bond acceptors (Lipinski definition) is 5. The smallest absolute Gasteiger partial charge is 0.341 e. The summed E-state index contributed by atoms with van der Waals surface area (Å²) in [5.41, 5.74) is 6.21. The number of methoxy groups -OCH3 is 1. The lowest BCUT2D eigenvalue weighted by Gasteiger charge is -2.11. The van der Waals surface area contributed by atoms with Crippen LogP contribution >= 0.6 is 11.6 Å². The molecule has 0 saturated heterocycles. The molecule has 112 valence electrons.